The fourth-order valence-corrected chi connectivity index (χ4v) is 2.55. The van der Waals surface area contributed by atoms with E-state index in [9.17, 15) is 9.90 Å². The number of carbonyl (C=O) groups is 1. The van der Waals surface area contributed by atoms with Crippen molar-refractivity contribution in [2.24, 2.45) is 0 Å². The van der Waals surface area contributed by atoms with E-state index in [0.29, 0.717) is 4.88 Å². The summed E-state index contributed by atoms with van der Waals surface area (Å²) in [5.41, 5.74) is 0. The van der Waals surface area contributed by atoms with Gasteiger partial charge in [-0.15, -0.1) is 11.3 Å². The van der Waals surface area contributed by atoms with Gasteiger partial charge in [0.15, 0.2) is 0 Å². The van der Waals surface area contributed by atoms with E-state index in [2.05, 4.69) is 5.32 Å². The summed E-state index contributed by atoms with van der Waals surface area (Å²) in [5, 5.41) is 14.5. The van der Waals surface area contributed by atoms with Crippen LogP contribution < -0.4 is 5.32 Å². The maximum absolute atomic E-state index is 11.7. The first-order chi connectivity index (χ1) is 7.27. The lowest BCUT2D eigenvalue weighted by atomic mass is 9.92. The van der Waals surface area contributed by atoms with Crippen molar-refractivity contribution < 1.29 is 9.90 Å². The van der Waals surface area contributed by atoms with E-state index >= 15 is 0 Å². The Labute approximate surface area is 93.1 Å². The quantitative estimate of drug-likeness (QED) is 0.806. The smallest absolute Gasteiger partial charge is 0.261 e. The van der Waals surface area contributed by atoms with Crippen LogP contribution >= 0.6 is 11.3 Å². The zero-order chi connectivity index (χ0) is 10.7. The molecule has 1 aromatic rings. The first kappa shape index (κ1) is 10.6. The summed E-state index contributed by atoms with van der Waals surface area (Å²) in [6.07, 6.45) is 3.47. The Morgan fingerprint density at radius 1 is 1.47 bits per heavy atom. The van der Waals surface area contributed by atoms with E-state index in [4.69, 9.17) is 0 Å². The Morgan fingerprint density at radius 2 is 2.27 bits per heavy atom. The molecule has 1 amide bonds. The summed E-state index contributed by atoms with van der Waals surface area (Å²) in [5.74, 6) is -0.0593. The van der Waals surface area contributed by atoms with Gasteiger partial charge >= 0.3 is 0 Å². The van der Waals surface area contributed by atoms with E-state index in [1.165, 1.54) is 11.3 Å². The standard InChI is InChI=1S/C11H15NO2S/c13-9-5-2-1-4-8(9)12-11(14)10-6-3-7-15-10/h3,6-9,13H,1-2,4-5H2,(H,12,14)/t8-,9+/m0/s1. The molecule has 1 aliphatic carbocycles. The molecule has 1 fully saturated rings. The summed E-state index contributed by atoms with van der Waals surface area (Å²) >= 11 is 1.43. The lowest BCUT2D eigenvalue weighted by Gasteiger charge is -2.28. The normalized spacial score (nSPS) is 26.2. The van der Waals surface area contributed by atoms with Crippen molar-refractivity contribution in [1.29, 1.82) is 0 Å². The number of amides is 1. The SMILES string of the molecule is O=C(N[C@H]1CCCC[C@H]1O)c1cccs1. The molecular weight excluding hydrogens is 210 g/mol. The molecule has 0 aliphatic heterocycles. The van der Waals surface area contributed by atoms with Gasteiger partial charge in [0, 0.05) is 0 Å². The Balaban J connectivity index is 1.93. The van der Waals surface area contributed by atoms with E-state index in [-0.39, 0.29) is 18.1 Å². The first-order valence-corrected chi connectivity index (χ1v) is 6.18. The largest absolute Gasteiger partial charge is 0.391 e. The molecule has 4 heteroatoms. The maximum atomic E-state index is 11.7. The second-order valence-electron chi connectivity index (χ2n) is 3.91. The monoisotopic (exact) mass is 225 g/mol. The van der Waals surface area contributed by atoms with Gasteiger partial charge in [-0.05, 0) is 24.3 Å². The predicted octanol–water partition coefficient (Wildman–Crippen LogP) is 1.78. The summed E-state index contributed by atoms with van der Waals surface area (Å²) in [6, 6.07) is 3.60. The average molecular weight is 225 g/mol. The molecule has 2 N–H and O–H groups in total. The Bertz CT molecular complexity index is 323. The van der Waals surface area contributed by atoms with E-state index in [1.807, 2.05) is 11.4 Å². The number of thiophene rings is 1. The van der Waals surface area contributed by atoms with Crippen LogP contribution in [0.5, 0.6) is 0 Å². The molecule has 0 aromatic carbocycles. The van der Waals surface area contributed by atoms with Gasteiger partial charge in [0.05, 0.1) is 17.0 Å². The van der Waals surface area contributed by atoms with E-state index in [0.717, 1.165) is 25.7 Å². The zero-order valence-electron chi connectivity index (χ0n) is 8.48. The Kier molecular flexibility index (Phi) is 3.38. The average Bonchev–Trinajstić information content (AvgIpc) is 2.74. The van der Waals surface area contributed by atoms with Gasteiger partial charge in [-0.25, -0.2) is 0 Å². The van der Waals surface area contributed by atoms with Gasteiger partial charge in [-0.3, -0.25) is 4.79 Å². The minimum Gasteiger partial charge on any atom is -0.391 e. The second-order valence-corrected chi connectivity index (χ2v) is 4.86. The van der Waals surface area contributed by atoms with Crippen LogP contribution in [0.2, 0.25) is 0 Å². The molecule has 1 saturated carbocycles. The number of carbonyl (C=O) groups excluding carboxylic acids is 1. The lowest BCUT2D eigenvalue weighted by Crippen LogP contribution is -2.44. The molecule has 15 heavy (non-hydrogen) atoms. The van der Waals surface area contributed by atoms with Crippen molar-refractivity contribution >= 4 is 17.2 Å². The molecule has 0 unspecified atom stereocenters. The number of hydrogen-bond acceptors (Lipinski definition) is 3. The molecule has 3 nitrogen and oxygen atoms in total. The summed E-state index contributed by atoms with van der Waals surface area (Å²) in [4.78, 5) is 12.4. The van der Waals surface area contributed by atoms with Crippen LogP contribution in [0.3, 0.4) is 0 Å². The second kappa shape index (κ2) is 4.77. The molecule has 82 valence electrons. The number of hydrogen-bond donors (Lipinski definition) is 2. The molecular formula is C11H15NO2S. The summed E-state index contributed by atoms with van der Waals surface area (Å²) in [7, 11) is 0. The minimum atomic E-state index is -0.373. The van der Waals surface area contributed by atoms with Crippen LogP contribution in [0.1, 0.15) is 35.4 Å². The fraction of sp³-hybridized carbons (Fsp3) is 0.545. The molecule has 1 aromatic heterocycles. The van der Waals surface area contributed by atoms with E-state index in [1.54, 1.807) is 6.07 Å². The van der Waals surface area contributed by atoms with Crippen molar-refractivity contribution in [2.75, 3.05) is 0 Å². The summed E-state index contributed by atoms with van der Waals surface area (Å²) < 4.78 is 0. The molecule has 0 radical (unpaired) electrons. The van der Waals surface area contributed by atoms with Gasteiger partial charge in [0.25, 0.3) is 5.91 Å². The number of nitrogens with one attached hydrogen (secondary N) is 1. The molecule has 1 heterocycles. The third kappa shape index (κ3) is 2.58. The van der Waals surface area contributed by atoms with Crippen molar-refractivity contribution in [3.63, 3.8) is 0 Å². The third-order valence-electron chi connectivity index (χ3n) is 2.79. The Morgan fingerprint density at radius 3 is 2.93 bits per heavy atom. The highest BCUT2D eigenvalue weighted by molar-refractivity contribution is 7.12. The Hall–Kier alpha value is -0.870. The number of rotatable bonds is 2. The highest BCUT2D eigenvalue weighted by Gasteiger charge is 2.24. The third-order valence-corrected chi connectivity index (χ3v) is 3.66. The highest BCUT2D eigenvalue weighted by atomic mass is 32.1. The maximum Gasteiger partial charge on any atom is 0.261 e. The van der Waals surface area contributed by atoms with Crippen molar-refractivity contribution in [2.45, 2.75) is 37.8 Å². The van der Waals surface area contributed by atoms with E-state index < -0.39 is 0 Å². The number of aliphatic hydroxyl groups excluding tert-OH is 1. The first-order valence-electron chi connectivity index (χ1n) is 5.30. The molecule has 0 spiro atoms. The van der Waals surface area contributed by atoms with Crippen LogP contribution in [0.25, 0.3) is 0 Å². The van der Waals surface area contributed by atoms with Gasteiger partial charge in [0.1, 0.15) is 0 Å². The molecule has 2 atom stereocenters. The lowest BCUT2D eigenvalue weighted by molar-refractivity contribution is 0.0720. The van der Waals surface area contributed by atoms with Crippen molar-refractivity contribution in [3.05, 3.63) is 22.4 Å². The van der Waals surface area contributed by atoms with Crippen LogP contribution in [0, 0.1) is 0 Å². The molecule has 0 saturated heterocycles. The molecule has 2 rings (SSSR count). The fourth-order valence-electron chi connectivity index (χ4n) is 1.93. The topological polar surface area (TPSA) is 49.3 Å². The van der Waals surface area contributed by atoms with Crippen molar-refractivity contribution in [3.8, 4) is 0 Å². The molecule has 0 bridgehead atoms. The number of aliphatic hydroxyl groups is 1. The van der Waals surface area contributed by atoms with Crippen LogP contribution in [-0.4, -0.2) is 23.2 Å². The van der Waals surface area contributed by atoms with Crippen LogP contribution in [0.15, 0.2) is 17.5 Å². The minimum absolute atomic E-state index is 0.0593. The molecule has 1 aliphatic rings. The van der Waals surface area contributed by atoms with Gasteiger partial charge in [0.2, 0.25) is 0 Å². The van der Waals surface area contributed by atoms with Crippen LogP contribution in [-0.2, 0) is 0 Å². The van der Waals surface area contributed by atoms with Gasteiger partial charge in [-0.1, -0.05) is 18.9 Å². The van der Waals surface area contributed by atoms with Crippen molar-refractivity contribution in [1.82, 2.24) is 5.32 Å². The van der Waals surface area contributed by atoms with Gasteiger partial charge < -0.3 is 10.4 Å². The zero-order valence-corrected chi connectivity index (χ0v) is 9.30. The summed E-state index contributed by atoms with van der Waals surface area (Å²) in [6.45, 7) is 0. The predicted molar refractivity (Wildman–Crippen MR) is 60.0 cm³/mol. The van der Waals surface area contributed by atoms with Gasteiger partial charge in [-0.2, -0.15) is 0 Å². The van der Waals surface area contributed by atoms with Crippen LogP contribution in [0.4, 0.5) is 0 Å². The highest BCUT2D eigenvalue weighted by Crippen LogP contribution is 2.19.